The molecule has 0 bridgehead atoms. The molecule has 2 unspecified atom stereocenters. The predicted octanol–water partition coefficient (Wildman–Crippen LogP) is -0.589. The number of imidazole rings is 1. The molecule has 2 aromatic rings. The van der Waals surface area contributed by atoms with Crippen molar-refractivity contribution in [1.82, 2.24) is 19.5 Å². The molecule has 12 nitrogen and oxygen atoms in total. The number of anilines is 1. The van der Waals surface area contributed by atoms with Gasteiger partial charge in [-0.25, -0.2) is 19.5 Å². The number of nitrogens with zero attached hydrogens (tertiary/aromatic N) is 4. The Balaban J connectivity index is 2.30. The number of phosphoric ester groups is 1. The molecule has 146 valence electrons. The fraction of sp³-hybridized carbons (Fsp3) is 0.615. The number of fused-ring (bicyclic) bond motifs is 1. The lowest BCUT2D eigenvalue weighted by Crippen LogP contribution is -2.51. The third-order valence-corrected chi connectivity index (χ3v) is 4.75. The first-order valence-electron chi connectivity index (χ1n) is 7.55. The van der Waals surface area contributed by atoms with Crippen molar-refractivity contribution in [3.05, 3.63) is 12.7 Å². The highest BCUT2D eigenvalue weighted by molar-refractivity contribution is 7.46. The largest absolute Gasteiger partial charge is 0.469 e. The van der Waals surface area contributed by atoms with Gasteiger partial charge in [-0.2, -0.15) is 0 Å². The summed E-state index contributed by atoms with van der Waals surface area (Å²) in [4.78, 5) is 29.6. The first-order valence-corrected chi connectivity index (χ1v) is 9.08. The number of hydrogen-bond acceptors (Lipinski definition) is 9. The fourth-order valence-electron chi connectivity index (χ4n) is 2.41. The van der Waals surface area contributed by atoms with E-state index < -0.39 is 38.3 Å². The number of nitrogens with two attached hydrogens (primary N) is 1. The van der Waals surface area contributed by atoms with E-state index in [0.717, 1.165) is 0 Å². The molecule has 26 heavy (non-hydrogen) atoms. The van der Waals surface area contributed by atoms with Gasteiger partial charge in [0.2, 0.25) is 0 Å². The zero-order valence-corrected chi connectivity index (χ0v) is 15.3. The highest BCUT2D eigenvalue weighted by Gasteiger charge is 2.43. The maximum atomic E-state index is 10.9. The van der Waals surface area contributed by atoms with Gasteiger partial charge in [0.15, 0.2) is 17.7 Å². The molecular formula is C13H22N5O7P. The van der Waals surface area contributed by atoms with Crippen LogP contribution in [0.4, 0.5) is 5.82 Å². The van der Waals surface area contributed by atoms with Crippen molar-refractivity contribution in [1.29, 1.82) is 0 Å². The van der Waals surface area contributed by atoms with Crippen LogP contribution in [0.1, 0.15) is 20.1 Å². The van der Waals surface area contributed by atoms with Gasteiger partial charge in [-0.15, -0.1) is 0 Å². The lowest BCUT2D eigenvalue weighted by Gasteiger charge is -2.38. The Labute approximate surface area is 148 Å². The van der Waals surface area contributed by atoms with Crippen molar-refractivity contribution in [3.8, 4) is 0 Å². The topological polar surface area (TPSA) is 186 Å². The van der Waals surface area contributed by atoms with Gasteiger partial charge in [0.25, 0.3) is 0 Å². The van der Waals surface area contributed by atoms with Crippen LogP contribution in [-0.4, -0.2) is 64.9 Å². The van der Waals surface area contributed by atoms with Crippen molar-refractivity contribution >= 4 is 24.8 Å². The van der Waals surface area contributed by atoms with Crippen LogP contribution in [0, 0.1) is 5.92 Å². The molecule has 6 N–H and O–H groups in total. The molecule has 0 amide bonds. The molecule has 2 rings (SSSR count). The second-order valence-corrected chi connectivity index (χ2v) is 7.31. The molecule has 2 heterocycles. The molecule has 0 aromatic carbocycles. The first-order chi connectivity index (χ1) is 12.0. The average molecular weight is 391 g/mol. The minimum Gasteiger partial charge on any atom is -0.387 e. The van der Waals surface area contributed by atoms with Crippen LogP contribution < -0.4 is 5.73 Å². The van der Waals surface area contributed by atoms with E-state index in [9.17, 15) is 14.8 Å². The zero-order chi connectivity index (χ0) is 19.7. The monoisotopic (exact) mass is 391 g/mol. The highest BCUT2D eigenvalue weighted by Crippen LogP contribution is 2.38. The summed E-state index contributed by atoms with van der Waals surface area (Å²) in [6, 6.07) is 0. The summed E-state index contributed by atoms with van der Waals surface area (Å²) in [6.45, 7) is 2.29. The normalized spacial score (nSPS) is 18.4. The molecule has 0 aliphatic carbocycles. The SMILES string of the molecule is COC([C@@H](O)C(C)(O)[C@H](C)COP(=O)(O)O)n1cnc2c(N)ncnc21. The van der Waals surface area contributed by atoms with Crippen molar-refractivity contribution < 1.29 is 33.8 Å². The van der Waals surface area contributed by atoms with Gasteiger partial charge < -0.3 is 30.5 Å². The number of aliphatic hydroxyl groups excluding tert-OH is 1. The van der Waals surface area contributed by atoms with Gasteiger partial charge >= 0.3 is 7.82 Å². The third kappa shape index (κ3) is 4.18. The number of aromatic nitrogens is 4. The van der Waals surface area contributed by atoms with Gasteiger partial charge in [-0.1, -0.05) is 6.92 Å². The number of methoxy groups -OCH3 is 1. The quantitative estimate of drug-likeness (QED) is 0.362. The number of aliphatic hydroxyl groups is 2. The molecule has 0 spiro atoms. The maximum Gasteiger partial charge on any atom is 0.469 e. The van der Waals surface area contributed by atoms with Gasteiger partial charge in [0, 0.05) is 13.0 Å². The molecule has 0 aliphatic heterocycles. The van der Waals surface area contributed by atoms with Crippen LogP contribution in [0.2, 0.25) is 0 Å². The molecule has 2 aromatic heterocycles. The second-order valence-electron chi connectivity index (χ2n) is 6.07. The molecule has 0 fully saturated rings. The van der Waals surface area contributed by atoms with E-state index in [1.807, 2.05) is 0 Å². The maximum absolute atomic E-state index is 10.9. The summed E-state index contributed by atoms with van der Waals surface area (Å²) in [7, 11) is -3.39. The van der Waals surface area contributed by atoms with Crippen LogP contribution in [0.15, 0.2) is 12.7 Å². The smallest absolute Gasteiger partial charge is 0.387 e. The summed E-state index contributed by atoms with van der Waals surface area (Å²) >= 11 is 0. The van der Waals surface area contributed by atoms with Gasteiger partial charge in [0.05, 0.1) is 18.5 Å². The molecule has 4 atom stereocenters. The minimum absolute atomic E-state index is 0.147. The van der Waals surface area contributed by atoms with E-state index in [2.05, 4.69) is 19.5 Å². The van der Waals surface area contributed by atoms with Crippen molar-refractivity contribution in [2.45, 2.75) is 31.8 Å². The molecule has 0 radical (unpaired) electrons. The lowest BCUT2D eigenvalue weighted by atomic mass is 9.85. The summed E-state index contributed by atoms with van der Waals surface area (Å²) in [6.07, 6.45) is -0.0675. The number of ether oxygens (including phenoxy) is 1. The van der Waals surface area contributed by atoms with E-state index in [4.69, 9.17) is 20.3 Å². The van der Waals surface area contributed by atoms with Crippen molar-refractivity contribution in [2.24, 2.45) is 5.92 Å². The fourth-order valence-corrected chi connectivity index (χ4v) is 2.83. The van der Waals surface area contributed by atoms with E-state index in [1.54, 1.807) is 0 Å². The van der Waals surface area contributed by atoms with Gasteiger partial charge in [-0.3, -0.25) is 9.09 Å². The van der Waals surface area contributed by atoms with Gasteiger partial charge in [0.1, 0.15) is 17.9 Å². The Kier molecular flexibility index (Phi) is 5.98. The predicted molar refractivity (Wildman–Crippen MR) is 89.6 cm³/mol. The number of nitrogen functional groups attached to an aromatic ring is 1. The number of hydrogen-bond donors (Lipinski definition) is 5. The summed E-state index contributed by atoms with van der Waals surface area (Å²) in [5.41, 5.74) is 4.50. The Bertz CT molecular complexity index is 807. The van der Waals surface area contributed by atoms with Crippen LogP contribution in [0.3, 0.4) is 0 Å². The minimum atomic E-state index is -4.71. The highest BCUT2D eigenvalue weighted by atomic mass is 31.2. The molecule has 0 saturated heterocycles. The Morgan fingerprint density at radius 3 is 2.62 bits per heavy atom. The summed E-state index contributed by atoms with van der Waals surface area (Å²) < 4.78 is 22.0. The van der Waals surface area contributed by atoms with E-state index in [0.29, 0.717) is 11.2 Å². The van der Waals surface area contributed by atoms with Crippen molar-refractivity contribution in [2.75, 3.05) is 19.5 Å². The molecular weight excluding hydrogens is 369 g/mol. The molecule has 0 aliphatic rings. The standard InChI is InChI=1S/C13H22N5O7P/c1-7(4-25-26(21,22)23)13(2,20)9(19)12(24-3)18-6-17-8-10(14)15-5-16-11(8)18/h5-7,9,12,19-20H,4H2,1-3H3,(H2,14,15,16)(H2,21,22,23)/t7-,9-,12?,13?/m1/s1. The van der Waals surface area contributed by atoms with E-state index >= 15 is 0 Å². The van der Waals surface area contributed by atoms with E-state index in [-0.39, 0.29) is 5.82 Å². The lowest BCUT2D eigenvalue weighted by molar-refractivity contribution is -0.174. The summed E-state index contributed by atoms with van der Waals surface area (Å²) in [5.74, 6) is -0.703. The average Bonchev–Trinajstić information content (AvgIpc) is 2.98. The van der Waals surface area contributed by atoms with Crippen LogP contribution in [0.5, 0.6) is 0 Å². The van der Waals surface area contributed by atoms with Crippen molar-refractivity contribution in [3.63, 3.8) is 0 Å². The van der Waals surface area contributed by atoms with Crippen LogP contribution in [-0.2, 0) is 13.8 Å². The van der Waals surface area contributed by atoms with E-state index in [1.165, 1.54) is 38.2 Å². The van der Waals surface area contributed by atoms with Gasteiger partial charge in [-0.05, 0) is 6.92 Å². The molecule has 13 heteroatoms. The zero-order valence-electron chi connectivity index (χ0n) is 14.4. The second kappa shape index (κ2) is 7.53. The summed E-state index contributed by atoms with van der Waals surface area (Å²) in [5, 5.41) is 21.4. The Morgan fingerprint density at radius 1 is 1.38 bits per heavy atom. The third-order valence-electron chi connectivity index (χ3n) is 4.26. The molecule has 0 saturated carbocycles. The van der Waals surface area contributed by atoms with Crippen LogP contribution >= 0.6 is 7.82 Å². The first kappa shape index (κ1) is 20.6. The van der Waals surface area contributed by atoms with Crippen LogP contribution in [0.25, 0.3) is 11.2 Å². The Hall–Kier alpha value is -1.66. The number of rotatable bonds is 8. The Morgan fingerprint density at radius 2 is 2.04 bits per heavy atom. The number of phosphoric acid groups is 1.